The molecule has 96 valence electrons. The maximum absolute atomic E-state index is 11.0. The summed E-state index contributed by atoms with van der Waals surface area (Å²) < 4.78 is 10.1. The summed E-state index contributed by atoms with van der Waals surface area (Å²) in [5.74, 6) is -0.281. The number of primary amides is 1. The Bertz CT molecular complexity index is 196. The van der Waals surface area contributed by atoms with Crippen molar-refractivity contribution in [1.82, 2.24) is 5.32 Å². The van der Waals surface area contributed by atoms with Gasteiger partial charge >= 0.3 is 0 Å². The summed E-state index contributed by atoms with van der Waals surface area (Å²) in [6, 6.07) is 0. The first-order chi connectivity index (χ1) is 7.50. The number of rotatable bonds is 10. The maximum atomic E-state index is 11.0. The lowest BCUT2D eigenvalue weighted by Gasteiger charge is -2.20. The quantitative estimate of drug-likeness (QED) is 0.525. The van der Waals surface area contributed by atoms with Gasteiger partial charge in [-0.2, -0.15) is 0 Å². The van der Waals surface area contributed by atoms with Crippen LogP contribution in [0.25, 0.3) is 0 Å². The molecule has 0 unspecified atom stereocenters. The lowest BCUT2D eigenvalue weighted by molar-refractivity contribution is -0.125. The van der Waals surface area contributed by atoms with Crippen LogP contribution in [0.1, 0.15) is 20.3 Å². The van der Waals surface area contributed by atoms with Gasteiger partial charge in [0.2, 0.25) is 5.91 Å². The van der Waals surface area contributed by atoms with Gasteiger partial charge in [-0.3, -0.25) is 4.79 Å². The summed E-state index contributed by atoms with van der Waals surface area (Å²) in [4.78, 5) is 11.0. The van der Waals surface area contributed by atoms with Crippen LogP contribution >= 0.6 is 0 Å². The lowest BCUT2D eigenvalue weighted by Crippen LogP contribution is -2.40. The molecule has 0 atom stereocenters. The lowest BCUT2D eigenvalue weighted by atomic mass is 9.93. The molecule has 0 saturated heterocycles. The zero-order valence-electron chi connectivity index (χ0n) is 10.5. The molecule has 0 heterocycles. The van der Waals surface area contributed by atoms with Gasteiger partial charge in [-0.15, -0.1) is 0 Å². The maximum Gasteiger partial charge on any atom is 0.224 e. The van der Waals surface area contributed by atoms with Crippen molar-refractivity contribution in [2.24, 2.45) is 11.1 Å². The number of carbonyl (C=O) groups is 1. The molecule has 0 aliphatic carbocycles. The van der Waals surface area contributed by atoms with Crippen molar-refractivity contribution in [2.45, 2.75) is 20.3 Å². The van der Waals surface area contributed by atoms with Gasteiger partial charge in [0.1, 0.15) is 0 Å². The monoisotopic (exact) mass is 232 g/mol. The van der Waals surface area contributed by atoms with Gasteiger partial charge in [0.15, 0.2) is 0 Å². The SMILES string of the molecule is COCCOCCCNCC(C)(C)C(N)=O. The van der Waals surface area contributed by atoms with Crippen molar-refractivity contribution >= 4 is 5.91 Å². The summed E-state index contributed by atoms with van der Waals surface area (Å²) in [6.45, 7) is 7.04. The number of hydrogen-bond acceptors (Lipinski definition) is 4. The van der Waals surface area contributed by atoms with Crippen LogP contribution in [-0.2, 0) is 14.3 Å². The first-order valence-electron chi connectivity index (χ1n) is 5.58. The fourth-order valence-electron chi connectivity index (χ4n) is 1.03. The van der Waals surface area contributed by atoms with Gasteiger partial charge in [-0.25, -0.2) is 0 Å². The van der Waals surface area contributed by atoms with E-state index in [1.807, 2.05) is 13.8 Å². The Kier molecular flexibility index (Phi) is 8.15. The summed E-state index contributed by atoms with van der Waals surface area (Å²) in [7, 11) is 1.65. The molecule has 5 nitrogen and oxygen atoms in total. The molecule has 0 fully saturated rings. The number of nitrogens with two attached hydrogens (primary N) is 1. The second-order valence-corrected chi connectivity index (χ2v) is 4.38. The smallest absolute Gasteiger partial charge is 0.224 e. The predicted octanol–water partition coefficient (Wildman–Crippen LogP) is 0.141. The highest BCUT2D eigenvalue weighted by molar-refractivity contribution is 5.80. The molecule has 0 aromatic rings. The minimum Gasteiger partial charge on any atom is -0.382 e. The number of amides is 1. The summed E-state index contributed by atoms with van der Waals surface area (Å²) in [5, 5.41) is 3.19. The van der Waals surface area contributed by atoms with Crippen LogP contribution in [0.4, 0.5) is 0 Å². The molecule has 0 aromatic carbocycles. The third kappa shape index (κ3) is 7.62. The molecule has 5 heteroatoms. The highest BCUT2D eigenvalue weighted by Gasteiger charge is 2.23. The van der Waals surface area contributed by atoms with Gasteiger partial charge in [0.25, 0.3) is 0 Å². The average molecular weight is 232 g/mol. The fraction of sp³-hybridized carbons (Fsp3) is 0.909. The minimum atomic E-state index is -0.489. The number of hydrogen-bond donors (Lipinski definition) is 2. The van der Waals surface area contributed by atoms with E-state index in [1.165, 1.54) is 0 Å². The van der Waals surface area contributed by atoms with Crippen molar-refractivity contribution in [2.75, 3.05) is 40.0 Å². The van der Waals surface area contributed by atoms with Crippen LogP contribution in [0, 0.1) is 5.41 Å². The second-order valence-electron chi connectivity index (χ2n) is 4.38. The Morgan fingerprint density at radius 1 is 1.31 bits per heavy atom. The number of nitrogens with one attached hydrogen (secondary N) is 1. The van der Waals surface area contributed by atoms with Crippen LogP contribution in [-0.4, -0.2) is 45.9 Å². The molecule has 0 spiro atoms. The Morgan fingerprint density at radius 2 is 2.00 bits per heavy atom. The van der Waals surface area contributed by atoms with Crippen LogP contribution in [0.3, 0.4) is 0 Å². The first-order valence-corrected chi connectivity index (χ1v) is 5.58. The molecule has 3 N–H and O–H groups in total. The highest BCUT2D eigenvalue weighted by atomic mass is 16.5. The molecule has 0 aliphatic rings. The Balaban J connectivity index is 3.30. The van der Waals surface area contributed by atoms with Crippen molar-refractivity contribution in [3.8, 4) is 0 Å². The van der Waals surface area contributed by atoms with Crippen molar-refractivity contribution in [3.05, 3.63) is 0 Å². The van der Waals surface area contributed by atoms with E-state index in [0.29, 0.717) is 26.4 Å². The molecule has 0 saturated carbocycles. The van der Waals surface area contributed by atoms with E-state index in [0.717, 1.165) is 13.0 Å². The van der Waals surface area contributed by atoms with Gasteiger partial charge < -0.3 is 20.5 Å². The Morgan fingerprint density at radius 3 is 2.56 bits per heavy atom. The van der Waals surface area contributed by atoms with E-state index in [4.69, 9.17) is 15.2 Å². The molecule has 0 aromatic heterocycles. The molecular weight excluding hydrogens is 208 g/mol. The molecule has 0 rings (SSSR count). The molecule has 1 amide bonds. The average Bonchev–Trinajstić information content (AvgIpc) is 2.21. The van der Waals surface area contributed by atoms with E-state index in [2.05, 4.69) is 5.32 Å². The molecule has 0 aliphatic heterocycles. The van der Waals surface area contributed by atoms with E-state index in [-0.39, 0.29) is 5.91 Å². The molecule has 0 radical (unpaired) electrons. The van der Waals surface area contributed by atoms with E-state index >= 15 is 0 Å². The fourth-order valence-corrected chi connectivity index (χ4v) is 1.03. The number of ether oxygens (including phenoxy) is 2. The van der Waals surface area contributed by atoms with E-state index < -0.39 is 5.41 Å². The van der Waals surface area contributed by atoms with Crippen LogP contribution in [0.5, 0.6) is 0 Å². The zero-order chi connectivity index (χ0) is 12.4. The van der Waals surface area contributed by atoms with Crippen molar-refractivity contribution in [1.29, 1.82) is 0 Å². The molecule has 0 bridgehead atoms. The predicted molar refractivity (Wildman–Crippen MR) is 63.2 cm³/mol. The van der Waals surface area contributed by atoms with E-state index in [1.54, 1.807) is 7.11 Å². The van der Waals surface area contributed by atoms with E-state index in [9.17, 15) is 4.79 Å². The third-order valence-corrected chi connectivity index (χ3v) is 2.31. The summed E-state index contributed by atoms with van der Waals surface area (Å²) in [5.41, 5.74) is 4.76. The van der Waals surface area contributed by atoms with Crippen LogP contribution in [0.2, 0.25) is 0 Å². The molecular formula is C11H24N2O3. The number of methoxy groups -OCH3 is 1. The van der Waals surface area contributed by atoms with Gasteiger partial charge in [-0.05, 0) is 26.8 Å². The number of carbonyl (C=O) groups excluding carboxylic acids is 1. The minimum absolute atomic E-state index is 0.281. The Hall–Kier alpha value is -0.650. The van der Waals surface area contributed by atoms with Gasteiger partial charge in [0, 0.05) is 20.3 Å². The summed E-state index contributed by atoms with van der Waals surface area (Å²) in [6.07, 6.45) is 0.915. The van der Waals surface area contributed by atoms with Gasteiger partial charge in [0.05, 0.1) is 18.6 Å². The largest absolute Gasteiger partial charge is 0.382 e. The summed E-state index contributed by atoms with van der Waals surface area (Å²) >= 11 is 0. The normalized spacial score (nSPS) is 11.7. The van der Waals surface area contributed by atoms with Crippen molar-refractivity contribution in [3.63, 3.8) is 0 Å². The standard InChI is InChI=1S/C11H24N2O3/c1-11(2,10(12)14)9-13-5-4-6-16-8-7-15-3/h13H,4-9H2,1-3H3,(H2,12,14). The topological polar surface area (TPSA) is 73.6 Å². The third-order valence-electron chi connectivity index (χ3n) is 2.31. The van der Waals surface area contributed by atoms with Crippen LogP contribution < -0.4 is 11.1 Å². The van der Waals surface area contributed by atoms with Crippen molar-refractivity contribution < 1.29 is 14.3 Å². The van der Waals surface area contributed by atoms with Gasteiger partial charge in [-0.1, -0.05) is 0 Å². The van der Waals surface area contributed by atoms with Crippen LogP contribution in [0.15, 0.2) is 0 Å². The molecule has 16 heavy (non-hydrogen) atoms. The Labute approximate surface area is 97.7 Å². The highest BCUT2D eigenvalue weighted by Crippen LogP contribution is 2.11. The zero-order valence-corrected chi connectivity index (χ0v) is 10.5. The second kappa shape index (κ2) is 8.50. The first kappa shape index (κ1) is 15.3.